The molecular weight excluding hydrogens is 326 g/mol. The van der Waals surface area contributed by atoms with Gasteiger partial charge in [0.25, 0.3) is 5.91 Å². The third-order valence-corrected chi connectivity index (χ3v) is 4.56. The number of nitrogens with one attached hydrogen (secondary N) is 2. The second-order valence-corrected chi connectivity index (χ2v) is 6.52. The van der Waals surface area contributed by atoms with E-state index in [1.807, 2.05) is 6.92 Å². The van der Waals surface area contributed by atoms with Gasteiger partial charge in [-0.1, -0.05) is 26.2 Å². The Morgan fingerprint density at radius 1 is 1.08 bits per heavy atom. The largest absolute Gasteiger partial charge is 0.349 e. The summed E-state index contributed by atoms with van der Waals surface area (Å²) in [5.74, 6) is -0.414. The third kappa shape index (κ3) is 5.80. The fraction of sp³-hybridized carbons (Fsp3) is 0.556. The Bertz CT molecular complexity index is 540. The lowest BCUT2D eigenvalue weighted by Crippen LogP contribution is -2.36. The molecular formula is C18H28ClN3O2. The minimum Gasteiger partial charge on any atom is -0.349 e. The van der Waals surface area contributed by atoms with Crippen molar-refractivity contribution in [3.05, 3.63) is 29.8 Å². The zero-order valence-electron chi connectivity index (χ0n) is 14.4. The van der Waals surface area contributed by atoms with E-state index in [4.69, 9.17) is 5.73 Å². The molecule has 1 aromatic rings. The summed E-state index contributed by atoms with van der Waals surface area (Å²) in [7, 11) is 0. The number of carbonyl (C=O) groups excluding carboxylic acids is 2. The maximum Gasteiger partial charge on any atom is 0.251 e. The number of halogens is 1. The summed E-state index contributed by atoms with van der Waals surface area (Å²) in [4.78, 5) is 24.2. The molecule has 1 aromatic carbocycles. The summed E-state index contributed by atoms with van der Waals surface area (Å²) < 4.78 is 0. The van der Waals surface area contributed by atoms with E-state index >= 15 is 0 Å². The van der Waals surface area contributed by atoms with Crippen LogP contribution in [0.3, 0.4) is 0 Å². The minimum atomic E-state index is -0.260. The Hall–Kier alpha value is -1.59. The summed E-state index contributed by atoms with van der Waals surface area (Å²) in [6.07, 6.45) is 5.77. The van der Waals surface area contributed by atoms with Crippen molar-refractivity contribution in [2.75, 3.05) is 5.32 Å². The molecule has 2 unspecified atom stereocenters. The van der Waals surface area contributed by atoms with Gasteiger partial charge in [0, 0.05) is 23.3 Å². The van der Waals surface area contributed by atoms with Crippen molar-refractivity contribution in [1.82, 2.24) is 5.32 Å². The van der Waals surface area contributed by atoms with E-state index in [9.17, 15) is 9.59 Å². The van der Waals surface area contributed by atoms with Crippen LogP contribution in [0.15, 0.2) is 24.3 Å². The zero-order valence-corrected chi connectivity index (χ0v) is 15.2. The number of hydrogen-bond donors (Lipinski definition) is 3. The molecule has 0 bridgehead atoms. The molecule has 2 amide bonds. The van der Waals surface area contributed by atoms with Gasteiger partial charge < -0.3 is 16.4 Å². The van der Waals surface area contributed by atoms with E-state index in [-0.39, 0.29) is 36.2 Å². The molecule has 24 heavy (non-hydrogen) atoms. The van der Waals surface area contributed by atoms with Crippen LogP contribution in [0.5, 0.6) is 0 Å². The van der Waals surface area contributed by atoms with Gasteiger partial charge in [-0.05, 0) is 44.0 Å². The smallest absolute Gasteiger partial charge is 0.251 e. The first-order chi connectivity index (χ1) is 11.0. The van der Waals surface area contributed by atoms with E-state index in [0.717, 1.165) is 12.8 Å². The minimum absolute atomic E-state index is 0. The number of hydrogen-bond acceptors (Lipinski definition) is 3. The molecule has 2 atom stereocenters. The van der Waals surface area contributed by atoms with Crippen molar-refractivity contribution in [2.24, 2.45) is 11.7 Å². The Morgan fingerprint density at radius 3 is 2.21 bits per heavy atom. The first-order valence-electron chi connectivity index (χ1n) is 8.44. The molecule has 2 rings (SSSR count). The van der Waals surface area contributed by atoms with Gasteiger partial charge >= 0.3 is 0 Å². The number of amides is 2. The van der Waals surface area contributed by atoms with Crippen LogP contribution in [-0.4, -0.2) is 23.9 Å². The molecule has 1 aliphatic rings. The van der Waals surface area contributed by atoms with E-state index in [2.05, 4.69) is 10.6 Å². The molecule has 134 valence electrons. The van der Waals surface area contributed by atoms with Crippen LogP contribution in [0.2, 0.25) is 0 Å². The Balaban J connectivity index is 0.00000288. The van der Waals surface area contributed by atoms with E-state index in [1.165, 1.54) is 19.3 Å². The van der Waals surface area contributed by atoms with E-state index < -0.39 is 0 Å². The van der Waals surface area contributed by atoms with Crippen molar-refractivity contribution >= 4 is 29.9 Å². The fourth-order valence-electron chi connectivity index (χ4n) is 2.72. The highest BCUT2D eigenvalue weighted by Gasteiger charge is 2.18. The predicted molar refractivity (Wildman–Crippen MR) is 99.5 cm³/mol. The SMILES string of the molecule is CC(N)C(C)C(=O)Nc1ccc(C(=O)NC2CCCCC2)cc1.Cl. The van der Waals surface area contributed by atoms with Gasteiger partial charge in [0.2, 0.25) is 5.91 Å². The van der Waals surface area contributed by atoms with Crippen LogP contribution in [0.4, 0.5) is 5.69 Å². The van der Waals surface area contributed by atoms with Gasteiger partial charge in [-0.25, -0.2) is 0 Å². The predicted octanol–water partition coefficient (Wildman–Crippen LogP) is 3.09. The van der Waals surface area contributed by atoms with E-state index in [0.29, 0.717) is 17.3 Å². The molecule has 6 heteroatoms. The summed E-state index contributed by atoms with van der Waals surface area (Å²) in [6.45, 7) is 3.61. The summed E-state index contributed by atoms with van der Waals surface area (Å²) in [6, 6.07) is 7.08. The number of anilines is 1. The maximum absolute atomic E-state index is 12.2. The molecule has 0 aliphatic heterocycles. The van der Waals surface area contributed by atoms with Gasteiger partial charge in [0.05, 0.1) is 5.92 Å². The van der Waals surface area contributed by atoms with Crippen molar-refractivity contribution in [3.63, 3.8) is 0 Å². The lowest BCUT2D eigenvalue weighted by atomic mass is 9.95. The summed E-state index contributed by atoms with van der Waals surface area (Å²) >= 11 is 0. The van der Waals surface area contributed by atoms with Crippen LogP contribution < -0.4 is 16.4 Å². The van der Waals surface area contributed by atoms with Gasteiger partial charge in [-0.15, -0.1) is 12.4 Å². The van der Waals surface area contributed by atoms with Crippen molar-refractivity contribution in [1.29, 1.82) is 0 Å². The van der Waals surface area contributed by atoms with Gasteiger partial charge in [0.15, 0.2) is 0 Å². The zero-order chi connectivity index (χ0) is 16.8. The number of carbonyl (C=O) groups is 2. The van der Waals surface area contributed by atoms with Crippen molar-refractivity contribution in [2.45, 2.75) is 58.0 Å². The quantitative estimate of drug-likeness (QED) is 0.760. The maximum atomic E-state index is 12.2. The highest BCUT2D eigenvalue weighted by molar-refractivity contribution is 5.96. The third-order valence-electron chi connectivity index (χ3n) is 4.56. The molecule has 4 N–H and O–H groups in total. The van der Waals surface area contributed by atoms with Gasteiger partial charge in [-0.3, -0.25) is 9.59 Å². The molecule has 1 saturated carbocycles. The van der Waals surface area contributed by atoms with Crippen molar-refractivity contribution in [3.8, 4) is 0 Å². The average Bonchev–Trinajstić information content (AvgIpc) is 2.55. The van der Waals surface area contributed by atoms with Crippen LogP contribution in [0.1, 0.15) is 56.3 Å². The molecule has 0 saturated heterocycles. The molecule has 0 spiro atoms. The Morgan fingerprint density at radius 2 is 1.67 bits per heavy atom. The van der Waals surface area contributed by atoms with Crippen molar-refractivity contribution < 1.29 is 9.59 Å². The van der Waals surface area contributed by atoms with E-state index in [1.54, 1.807) is 31.2 Å². The number of benzene rings is 1. The summed E-state index contributed by atoms with van der Waals surface area (Å²) in [5, 5.41) is 5.91. The first kappa shape index (κ1) is 20.5. The normalized spacial score (nSPS) is 17.3. The molecule has 5 nitrogen and oxygen atoms in total. The van der Waals surface area contributed by atoms with Crippen LogP contribution in [0.25, 0.3) is 0 Å². The Labute approximate surface area is 150 Å². The van der Waals surface area contributed by atoms with Crippen LogP contribution >= 0.6 is 12.4 Å². The molecule has 0 aromatic heterocycles. The molecule has 0 radical (unpaired) electrons. The molecule has 0 heterocycles. The number of nitrogens with two attached hydrogens (primary N) is 1. The topological polar surface area (TPSA) is 84.2 Å². The lowest BCUT2D eigenvalue weighted by Gasteiger charge is -2.22. The first-order valence-corrected chi connectivity index (χ1v) is 8.44. The Kier molecular flexibility index (Phi) is 8.22. The monoisotopic (exact) mass is 353 g/mol. The van der Waals surface area contributed by atoms with Gasteiger partial charge in [-0.2, -0.15) is 0 Å². The highest BCUT2D eigenvalue weighted by Crippen LogP contribution is 2.18. The van der Waals surface area contributed by atoms with Crippen LogP contribution in [-0.2, 0) is 4.79 Å². The standard InChI is InChI=1S/C18H27N3O2.ClH/c1-12(13(2)19)17(22)20-16-10-8-14(9-11-16)18(23)21-15-6-4-3-5-7-15;/h8-13,15H,3-7,19H2,1-2H3,(H,20,22)(H,21,23);1H. The van der Waals surface area contributed by atoms with Crippen LogP contribution in [0, 0.1) is 5.92 Å². The summed E-state index contributed by atoms with van der Waals surface area (Å²) in [5.41, 5.74) is 7.03. The highest BCUT2D eigenvalue weighted by atomic mass is 35.5. The lowest BCUT2D eigenvalue weighted by molar-refractivity contribution is -0.119. The number of rotatable bonds is 5. The second kappa shape index (κ2) is 9.64. The second-order valence-electron chi connectivity index (χ2n) is 6.52. The molecule has 1 fully saturated rings. The molecule has 1 aliphatic carbocycles. The van der Waals surface area contributed by atoms with Gasteiger partial charge in [0.1, 0.15) is 0 Å². The fourth-order valence-corrected chi connectivity index (χ4v) is 2.72. The average molecular weight is 354 g/mol.